The van der Waals surface area contributed by atoms with Crippen molar-refractivity contribution in [3.05, 3.63) is 23.8 Å². The molecule has 118 valence electrons. The molecule has 0 radical (unpaired) electrons. The molecule has 0 spiro atoms. The summed E-state index contributed by atoms with van der Waals surface area (Å²) in [4.78, 5) is 0. The highest BCUT2D eigenvalue weighted by Crippen LogP contribution is 2.30. The minimum absolute atomic E-state index is 0.137. The van der Waals surface area contributed by atoms with Crippen LogP contribution < -0.4 is 14.8 Å². The SMILES string of the molecule is COc1cc(CNCC(C)C)ccc1OC1CCCOC1. The van der Waals surface area contributed by atoms with Crippen molar-refractivity contribution in [2.75, 3.05) is 26.9 Å². The molecule has 1 aliphatic heterocycles. The van der Waals surface area contributed by atoms with E-state index in [0.717, 1.165) is 44.0 Å². The third-order valence-electron chi connectivity index (χ3n) is 3.52. The van der Waals surface area contributed by atoms with Gasteiger partial charge in [0, 0.05) is 13.2 Å². The Morgan fingerprint density at radius 2 is 2.19 bits per heavy atom. The Hall–Kier alpha value is -1.26. The molecule has 1 aromatic carbocycles. The minimum Gasteiger partial charge on any atom is -0.493 e. The van der Waals surface area contributed by atoms with Crippen LogP contribution in [0.3, 0.4) is 0 Å². The molecule has 1 atom stereocenters. The van der Waals surface area contributed by atoms with Crippen LogP contribution in [0.5, 0.6) is 11.5 Å². The number of methoxy groups -OCH3 is 1. The van der Waals surface area contributed by atoms with Crippen LogP contribution in [0, 0.1) is 5.92 Å². The number of nitrogens with one attached hydrogen (secondary N) is 1. The Kier molecular flexibility index (Phi) is 6.33. The highest BCUT2D eigenvalue weighted by atomic mass is 16.5. The second-order valence-electron chi connectivity index (χ2n) is 5.97. The van der Waals surface area contributed by atoms with Crippen LogP contribution in [-0.2, 0) is 11.3 Å². The van der Waals surface area contributed by atoms with Crippen LogP contribution in [0.25, 0.3) is 0 Å². The number of ether oxygens (including phenoxy) is 3. The standard InChI is InChI=1S/C17H27NO3/c1-13(2)10-18-11-14-6-7-16(17(9-14)19-3)21-15-5-4-8-20-12-15/h6-7,9,13,15,18H,4-5,8,10-12H2,1-3H3. The van der Waals surface area contributed by atoms with Crippen molar-refractivity contribution in [3.63, 3.8) is 0 Å². The van der Waals surface area contributed by atoms with Gasteiger partial charge in [0.05, 0.1) is 13.7 Å². The number of rotatable bonds is 7. The summed E-state index contributed by atoms with van der Waals surface area (Å²) in [5.74, 6) is 2.26. The zero-order valence-electron chi connectivity index (χ0n) is 13.4. The summed E-state index contributed by atoms with van der Waals surface area (Å²) in [5, 5.41) is 3.44. The van der Waals surface area contributed by atoms with Crippen LogP contribution in [0.15, 0.2) is 18.2 Å². The second-order valence-corrected chi connectivity index (χ2v) is 5.97. The molecule has 0 aromatic heterocycles. The van der Waals surface area contributed by atoms with E-state index in [-0.39, 0.29) is 6.10 Å². The molecule has 4 nitrogen and oxygen atoms in total. The van der Waals surface area contributed by atoms with Crippen LogP contribution in [-0.4, -0.2) is 33.0 Å². The molecule has 1 aliphatic rings. The van der Waals surface area contributed by atoms with Gasteiger partial charge in [-0.25, -0.2) is 0 Å². The van der Waals surface area contributed by atoms with Crippen molar-refractivity contribution in [2.24, 2.45) is 5.92 Å². The number of hydrogen-bond acceptors (Lipinski definition) is 4. The normalized spacial score (nSPS) is 18.8. The van der Waals surface area contributed by atoms with E-state index in [1.165, 1.54) is 5.56 Å². The van der Waals surface area contributed by atoms with Crippen LogP contribution in [0.1, 0.15) is 32.3 Å². The molecule has 4 heteroatoms. The van der Waals surface area contributed by atoms with Crippen LogP contribution >= 0.6 is 0 Å². The highest BCUT2D eigenvalue weighted by molar-refractivity contribution is 5.43. The Morgan fingerprint density at radius 3 is 2.86 bits per heavy atom. The lowest BCUT2D eigenvalue weighted by Gasteiger charge is -2.24. The zero-order valence-corrected chi connectivity index (χ0v) is 13.4. The van der Waals surface area contributed by atoms with E-state index in [9.17, 15) is 0 Å². The van der Waals surface area contributed by atoms with Crippen molar-refractivity contribution >= 4 is 0 Å². The van der Waals surface area contributed by atoms with Crippen LogP contribution in [0.2, 0.25) is 0 Å². The lowest BCUT2D eigenvalue weighted by Crippen LogP contribution is -2.28. The molecule has 0 aliphatic carbocycles. The lowest BCUT2D eigenvalue weighted by atomic mass is 10.1. The van der Waals surface area contributed by atoms with E-state index in [1.807, 2.05) is 12.1 Å². The highest BCUT2D eigenvalue weighted by Gasteiger charge is 2.17. The molecule has 2 rings (SSSR count). The fourth-order valence-electron chi connectivity index (χ4n) is 2.41. The minimum atomic E-state index is 0.137. The largest absolute Gasteiger partial charge is 0.493 e. The number of benzene rings is 1. The van der Waals surface area contributed by atoms with Crippen molar-refractivity contribution in [2.45, 2.75) is 39.3 Å². The summed E-state index contributed by atoms with van der Waals surface area (Å²) >= 11 is 0. The van der Waals surface area contributed by atoms with E-state index in [4.69, 9.17) is 14.2 Å². The molecule has 0 saturated carbocycles. The molecular formula is C17H27NO3. The fraction of sp³-hybridized carbons (Fsp3) is 0.647. The average molecular weight is 293 g/mol. The Morgan fingerprint density at radius 1 is 1.33 bits per heavy atom. The molecule has 1 N–H and O–H groups in total. The van der Waals surface area contributed by atoms with Gasteiger partial charge in [-0.3, -0.25) is 0 Å². The van der Waals surface area contributed by atoms with Crippen molar-refractivity contribution in [3.8, 4) is 11.5 Å². The first-order chi connectivity index (χ1) is 10.2. The Balaban J connectivity index is 1.95. The summed E-state index contributed by atoms with van der Waals surface area (Å²) in [5.41, 5.74) is 1.21. The molecule has 0 bridgehead atoms. The van der Waals surface area contributed by atoms with Gasteiger partial charge in [-0.2, -0.15) is 0 Å². The number of hydrogen-bond donors (Lipinski definition) is 1. The predicted octanol–water partition coefficient (Wildman–Crippen LogP) is 3.00. The molecular weight excluding hydrogens is 266 g/mol. The molecule has 1 saturated heterocycles. The first-order valence-corrected chi connectivity index (χ1v) is 7.81. The Bertz CT molecular complexity index is 428. The topological polar surface area (TPSA) is 39.7 Å². The van der Waals surface area contributed by atoms with Crippen LogP contribution in [0.4, 0.5) is 0 Å². The van der Waals surface area contributed by atoms with Gasteiger partial charge in [0.1, 0.15) is 6.10 Å². The van der Waals surface area contributed by atoms with Crippen molar-refractivity contribution in [1.82, 2.24) is 5.32 Å². The third kappa shape index (κ3) is 5.21. The van der Waals surface area contributed by atoms with E-state index in [0.29, 0.717) is 12.5 Å². The second kappa shape index (κ2) is 8.25. The summed E-state index contributed by atoms with van der Waals surface area (Å²) in [6.45, 7) is 7.78. The molecule has 1 heterocycles. The average Bonchev–Trinajstić information content (AvgIpc) is 2.49. The van der Waals surface area contributed by atoms with Gasteiger partial charge in [-0.05, 0) is 43.0 Å². The van der Waals surface area contributed by atoms with Gasteiger partial charge >= 0.3 is 0 Å². The quantitative estimate of drug-likeness (QED) is 0.839. The van der Waals surface area contributed by atoms with E-state index < -0.39 is 0 Å². The van der Waals surface area contributed by atoms with E-state index in [2.05, 4.69) is 25.2 Å². The molecule has 1 unspecified atom stereocenters. The van der Waals surface area contributed by atoms with Crippen molar-refractivity contribution in [1.29, 1.82) is 0 Å². The van der Waals surface area contributed by atoms with E-state index in [1.54, 1.807) is 7.11 Å². The maximum atomic E-state index is 6.00. The van der Waals surface area contributed by atoms with Gasteiger partial charge < -0.3 is 19.5 Å². The summed E-state index contributed by atoms with van der Waals surface area (Å²) in [6, 6.07) is 6.14. The summed E-state index contributed by atoms with van der Waals surface area (Å²) < 4.78 is 16.9. The molecule has 21 heavy (non-hydrogen) atoms. The molecule has 1 fully saturated rings. The van der Waals surface area contributed by atoms with E-state index >= 15 is 0 Å². The molecule has 1 aromatic rings. The maximum Gasteiger partial charge on any atom is 0.161 e. The van der Waals surface area contributed by atoms with Crippen molar-refractivity contribution < 1.29 is 14.2 Å². The third-order valence-corrected chi connectivity index (χ3v) is 3.52. The Labute approximate surface area is 127 Å². The predicted molar refractivity (Wildman–Crippen MR) is 84.0 cm³/mol. The summed E-state index contributed by atoms with van der Waals surface area (Å²) in [7, 11) is 1.69. The maximum absolute atomic E-state index is 6.00. The van der Waals surface area contributed by atoms with Gasteiger partial charge in [-0.15, -0.1) is 0 Å². The zero-order chi connectivity index (χ0) is 15.1. The lowest BCUT2D eigenvalue weighted by molar-refractivity contribution is 0.00643. The van der Waals surface area contributed by atoms with Gasteiger partial charge in [0.15, 0.2) is 11.5 Å². The molecule has 0 amide bonds. The smallest absolute Gasteiger partial charge is 0.161 e. The summed E-state index contributed by atoms with van der Waals surface area (Å²) in [6.07, 6.45) is 2.24. The van der Waals surface area contributed by atoms with Gasteiger partial charge in [0.2, 0.25) is 0 Å². The van der Waals surface area contributed by atoms with Gasteiger partial charge in [0.25, 0.3) is 0 Å². The monoisotopic (exact) mass is 293 g/mol. The first kappa shape index (κ1) is 16.1. The van der Waals surface area contributed by atoms with Gasteiger partial charge in [-0.1, -0.05) is 19.9 Å². The first-order valence-electron chi connectivity index (χ1n) is 7.81. The fourth-order valence-corrected chi connectivity index (χ4v) is 2.41.